The zero-order valence-corrected chi connectivity index (χ0v) is 37.6. The topological polar surface area (TPSA) is 43.9 Å². The molecule has 0 amide bonds. The number of aryl methyl sites for hydroxylation is 1. The second kappa shape index (κ2) is 16.4. The van der Waals surface area contributed by atoms with E-state index in [-0.39, 0.29) is 25.7 Å². The van der Waals surface area contributed by atoms with Gasteiger partial charge < -0.3 is 8.98 Å². The number of furan rings is 1. The second-order valence-electron chi connectivity index (χ2n) is 15.9. The second-order valence-corrected chi connectivity index (χ2v) is 26.5. The molecule has 0 saturated heterocycles. The smallest absolute Gasteiger partial charge is 0 e. The third kappa shape index (κ3) is 8.03. The van der Waals surface area contributed by atoms with E-state index < -0.39 is 26.0 Å². The van der Waals surface area contributed by atoms with Gasteiger partial charge in [0.2, 0.25) is 0 Å². The van der Waals surface area contributed by atoms with Crippen molar-refractivity contribution in [2.45, 2.75) is 83.4 Å². The number of hydrogen-bond donors (Lipinski definition) is 0. The van der Waals surface area contributed by atoms with Crippen LogP contribution in [0.15, 0.2) is 114 Å². The first kappa shape index (κ1) is 35.1. The van der Waals surface area contributed by atoms with Crippen molar-refractivity contribution in [3.8, 4) is 28.3 Å². The van der Waals surface area contributed by atoms with Crippen LogP contribution in [-0.2, 0) is 20.1 Å². The summed E-state index contributed by atoms with van der Waals surface area (Å²) in [7, 11) is 0. The number of fused-ring (bicyclic) bond motifs is 4. The molecule has 0 aliphatic heterocycles. The number of hydrogen-bond acceptors (Lipinski definition) is 3. The first-order valence-electron chi connectivity index (χ1n) is 20.8. The van der Waals surface area contributed by atoms with Gasteiger partial charge in [0.1, 0.15) is 5.58 Å². The number of benzene rings is 5. The largest absolute Gasteiger partial charge is 0 e. The van der Waals surface area contributed by atoms with Gasteiger partial charge in [0.05, 0.1) is 22.4 Å². The van der Waals surface area contributed by atoms with Crippen LogP contribution in [0.1, 0.15) is 87.0 Å². The minimum Gasteiger partial charge on any atom is 0 e. The van der Waals surface area contributed by atoms with Gasteiger partial charge in [0.15, 0.2) is 0 Å². The fourth-order valence-electron chi connectivity index (χ4n) is 7.24. The molecule has 5 aromatic carbocycles. The molecule has 0 fully saturated rings. The maximum absolute atomic E-state index is 8.49. The normalized spacial score (nSPS) is 13.3. The summed E-state index contributed by atoms with van der Waals surface area (Å²) >= 11 is -2.14. The molecular formula is C49H51GeIrN3O-2. The molecule has 4 nitrogen and oxygen atoms in total. The molecule has 0 aliphatic rings. The van der Waals surface area contributed by atoms with E-state index in [2.05, 4.69) is 121 Å². The van der Waals surface area contributed by atoms with Crippen molar-refractivity contribution in [2.75, 3.05) is 0 Å². The van der Waals surface area contributed by atoms with Crippen LogP contribution in [0.25, 0.3) is 61.3 Å². The van der Waals surface area contributed by atoms with E-state index in [1.54, 1.807) is 12.1 Å². The summed E-state index contributed by atoms with van der Waals surface area (Å²) in [5.74, 6) is 7.78. The van der Waals surface area contributed by atoms with Crippen molar-refractivity contribution < 1.29 is 30.0 Å². The van der Waals surface area contributed by atoms with Crippen LogP contribution in [0.2, 0.25) is 17.3 Å². The summed E-state index contributed by atoms with van der Waals surface area (Å²) in [5.41, 5.74) is 11.3. The first-order valence-corrected chi connectivity index (χ1v) is 26.2. The summed E-state index contributed by atoms with van der Waals surface area (Å²) in [4.78, 5) is 9.73. The van der Waals surface area contributed by atoms with E-state index in [1.165, 1.54) is 27.3 Å². The van der Waals surface area contributed by atoms with E-state index in [9.17, 15) is 0 Å². The Bertz CT molecular complexity index is 2730. The van der Waals surface area contributed by atoms with Gasteiger partial charge in [0.25, 0.3) is 0 Å². The van der Waals surface area contributed by atoms with Crippen molar-refractivity contribution in [3.63, 3.8) is 0 Å². The molecule has 283 valence electrons. The number of nitrogens with zero attached hydrogens (tertiary/aromatic N) is 3. The number of para-hydroxylation sites is 4. The standard InChI is InChI=1S/C31H27N2O.C18H24GeN.Ir/c1-19(2)21-12-9-13-22(20(3)4)29(21)33-27-17-7-6-16-26(27)32-31(33)25-15-10-14-24-23-11-5-8-18-28(23)34-30(24)25;1-13(2)16-11-18(15-9-7-14(3)8-10-15)20-12-17(16)19(4,5)6;/h5-14,16-20H,1-4H3;7-9,11-13H,1-6H3;/q2*-1;/i;3D3,13D;. The van der Waals surface area contributed by atoms with Crippen molar-refractivity contribution >= 4 is 50.6 Å². The molecule has 0 spiro atoms. The van der Waals surface area contributed by atoms with Gasteiger partial charge in [0, 0.05) is 31.2 Å². The number of aromatic nitrogens is 3. The third-order valence-electron chi connectivity index (χ3n) is 10.0. The summed E-state index contributed by atoms with van der Waals surface area (Å²) in [6.45, 7) is 10.7. The summed E-state index contributed by atoms with van der Waals surface area (Å²) < 4.78 is 40.8. The molecule has 0 bridgehead atoms. The molecule has 8 aromatic rings. The Morgan fingerprint density at radius 2 is 1.49 bits per heavy atom. The van der Waals surface area contributed by atoms with Gasteiger partial charge in [-0.1, -0.05) is 87.2 Å². The Hall–Kier alpha value is -4.29. The number of pyridine rings is 1. The van der Waals surface area contributed by atoms with Crippen LogP contribution in [0, 0.1) is 19.0 Å². The van der Waals surface area contributed by atoms with Crippen molar-refractivity contribution in [1.82, 2.24) is 14.5 Å². The Morgan fingerprint density at radius 1 is 0.782 bits per heavy atom. The average Bonchev–Trinajstić information content (AvgIpc) is 3.75. The fourth-order valence-corrected chi connectivity index (χ4v) is 10.6. The molecule has 8 rings (SSSR count). The predicted octanol–water partition coefficient (Wildman–Crippen LogP) is 13.2. The Kier molecular flexibility index (Phi) is 10.5. The van der Waals surface area contributed by atoms with Gasteiger partial charge >= 0.3 is 131 Å². The van der Waals surface area contributed by atoms with E-state index in [0.29, 0.717) is 11.8 Å². The summed E-state index contributed by atoms with van der Waals surface area (Å²) in [6, 6.07) is 40.6. The number of imidazole rings is 1. The molecule has 0 saturated carbocycles. The fraction of sp³-hybridized carbons (Fsp3) is 0.265. The minimum atomic E-state index is -2.14. The molecule has 0 aliphatic carbocycles. The molecule has 0 atom stereocenters. The van der Waals surface area contributed by atoms with Crippen LogP contribution >= 0.6 is 0 Å². The molecular weight excluding hydrogens is 911 g/mol. The maximum atomic E-state index is 8.49. The molecule has 3 aromatic heterocycles. The number of rotatable bonds is 7. The maximum Gasteiger partial charge on any atom is 0 e. The van der Waals surface area contributed by atoms with Crippen molar-refractivity contribution in [1.29, 1.82) is 0 Å². The Labute approximate surface area is 348 Å². The van der Waals surface area contributed by atoms with Crippen molar-refractivity contribution in [3.05, 3.63) is 144 Å². The van der Waals surface area contributed by atoms with Crippen LogP contribution in [0.5, 0.6) is 0 Å². The van der Waals surface area contributed by atoms with E-state index >= 15 is 0 Å². The van der Waals surface area contributed by atoms with Crippen LogP contribution in [-0.4, -0.2) is 27.8 Å². The Morgan fingerprint density at radius 3 is 2.15 bits per heavy atom. The average molecular weight is 967 g/mol. The molecule has 1 radical (unpaired) electrons. The monoisotopic (exact) mass is 968 g/mol. The molecule has 6 heteroatoms. The van der Waals surface area contributed by atoms with Gasteiger partial charge in [-0.2, -0.15) is 0 Å². The minimum absolute atomic E-state index is 0. The molecule has 0 N–H and O–H groups in total. The van der Waals surface area contributed by atoms with Crippen molar-refractivity contribution in [2.24, 2.45) is 0 Å². The van der Waals surface area contributed by atoms with Gasteiger partial charge in [-0.25, -0.2) is 0 Å². The summed E-state index contributed by atoms with van der Waals surface area (Å²) in [6.07, 6.45) is 1.91. The molecule has 3 heterocycles. The Balaban J connectivity index is 0.000000208. The zero-order valence-electron chi connectivity index (χ0n) is 37.1. The van der Waals surface area contributed by atoms with Crippen LogP contribution in [0.4, 0.5) is 0 Å². The zero-order chi connectivity index (χ0) is 41.7. The SMILES string of the molecule is CC(C)c1cccc(C(C)C)c1-n1c(-c2[c-]ccc3c2oc2ccccc23)nc2ccccc21.[2H]C([2H])([2H])c1c[c-]c(-c2cc(C([2H])(C)C)[c]([Ge]([CH3])([CH3])[CH3])cn2)cc1.[Ir]. The van der Waals surface area contributed by atoms with Gasteiger partial charge in [-0.3, -0.25) is 4.98 Å². The van der Waals surface area contributed by atoms with E-state index in [0.717, 1.165) is 61.2 Å². The van der Waals surface area contributed by atoms with E-state index in [4.69, 9.17) is 14.9 Å². The predicted molar refractivity (Wildman–Crippen MR) is 231 cm³/mol. The third-order valence-corrected chi connectivity index (χ3v) is 14.3. The quantitative estimate of drug-likeness (QED) is 0.118. The van der Waals surface area contributed by atoms with Gasteiger partial charge in [-0.05, 0) is 41.2 Å². The first-order chi connectivity index (χ1) is 27.3. The van der Waals surface area contributed by atoms with Crippen LogP contribution in [0.3, 0.4) is 0 Å². The van der Waals surface area contributed by atoms with Gasteiger partial charge in [-0.15, -0.1) is 18.2 Å². The molecule has 55 heavy (non-hydrogen) atoms. The molecule has 0 unspecified atom stereocenters. The summed E-state index contributed by atoms with van der Waals surface area (Å²) in [5, 5.41) is 2.20. The van der Waals surface area contributed by atoms with E-state index in [1.807, 2.05) is 50.4 Å². The van der Waals surface area contributed by atoms with Crippen LogP contribution < -0.4 is 4.40 Å².